The highest BCUT2D eigenvalue weighted by Crippen LogP contribution is 2.24. The Labute approximate surface area is 173 Å². The van der Waals surface area contributed by atoms with Gasteiger partial charge in [0.05, 0.1) is 0 Å². The highest BCUT2D eigenvalue weighted by atomic mass is 16.2. The topological polar surface area (TPSA) is 70.2 Å². The van der Waals surface area contributed by atoms with E-state index in [1.165, 1.54) is 0 Å². The summed E-state index contributed by atoms with van der Waals surface area (Å²) in [6.45, 7) is 4.19. The minimum absolute atomic E-state index is 0.0554. The van der Waals surface area contributed by atoms with Crippen LogP contribution in [-0.2, 0) is 16.0 Å². The van der Waals surface area contributed by atoms with Crippen molar-refractivity contribution in [1.82, 2.24) is 10.6 Å². The van der Waals surface area contributed by atoms with Crippen LogP contribution in [0.1, 0.15) is 31.7 Å². The summed E-state index contributed by atoms with van der Waals surface area (Å²) in [5.41, 5.74) is 1.75. The third kappa shape index (κ3) is 6.71. The molecule has 5 nitrogen and oxygen atoms in total. The summed E-state index contributed by atoms with van der Waals surface area (Å²) in [4.78, 5) is 25.7. The molecule has 1 heterocycles. The number of amides is 2. The smallest absolute Gasteiger partial charge is 0.247 e. The third-order valence-corrected chi connectivity index (χ3v) is 5.67. The van der Waals surface area contributed by atoms with Crippen LogP contribution in [0.3, 0.4) is 0 Å². The fraction of sp³-hybridized carbons (Fsp3) is 0.417. The molecule has 1 fully saturated rings. The van der Waals surface area contributed by atoms with E-state index in [0.717, 1.165) is 37.2 Å². The zero-order chi connectivity index (χ0) is 20.5. The second-order valence-corrected chi connectivity index (χ2v) is 7.93. The number of piperidine rings is 1. The second-order valence-electron chi connectivity index (χ2n) is 7.93. The summed E-state index contributed by atoms with van der Waals surface area (Å²) in [6, 6.07) is 18.5. The lowest BCUT2D eigenvalue weighted by atomic mass is 9.84. The van der Waals surface area contributed by atoms with E-state index in [-0.39, 0.29) is 11.8 Å². The molecule has 2 aromatic rings. The van der Waals surface area contributed by atoms with Crippen LogP contribution in [0.25, 0.3) is 0 Å². The van der Waals surface area contributed by atoms with E-state index in [1.807, 2.05) is 60.7 Å². The minimum Gasteiger partial charge on any atom is -0.344 e. The lowest BCUT2D eigenvalue weighted by Gasteiger charge is -2.28. The summed E-state index contributed by atoms with van der Waals surface area (Å²) >= 11 is 0. The van der Waals surface area contributed by atoms with Gasteiger partial charge in [0.1, 0.15) is 6.04 Å². The third-order valence-electron chi connectivity index (χ3n) is 5.67. The van der Waals surface area contributed by atoms with Gasteiger partial charge in [-0.2, -0.15) is 0 Å². The lowest BCUT2D eigenvalue weighted by molar-refractivity contribution is -0.127. The molecule has 0 aliphatic carbocycles. The van der Waals surface area contributed by atoms with Crippen LogP contribution in [0, 0.1) is 11.8 Å². The highest BCUT2D eigenvalue weighted by Gasteiger charge is 2.25. The van der Waals surface area contributed by atoms with Crippen molar-refractivity contribution in [1.29, 1.82) is 0 Å². The molecule has 1 aliphatic rings. The molecule has 2 atom stereocenters. The molecule has 1 saturated heterocycles. The van der Waals surface area contributed by atoms with Gasteiger partial charge in [0.15, 0.2) is 0 Å². The molecule has 0 radical (unpaired) electrons. The van der Waals surface area contributed by atoms with Crippen LogP contribution in [0.5, 0.6) is 0 Å². The van der Waals surface area contributed by atoms with Gasteiger partial charge in [-0.25, -0.2) is 0 Å². The first-order chi connectivity index (χ1) is 14.1. The molecular weight excluding hydrogens is 362 g/mol. The quantitative estimate of drug-likeness (QED) is 0.644. The fourth-order valence-corrected chi connectivity index (χ4v) is 3.94. The molecule has 2 amide bonds. The van der Waals surface area contributed by atoms with Crippen LogP contribution in [0.15, 0.2) is 60.7 Å². The van der Waals surface area contributed by atoms with Crippen LogP contribution in [-0.4, -0.2) is 30.9 Å². The molecule has 2 unspecified atom stereocenters. The first-order valence-electron chi connectivity index (χ1n) is 10.5. The second kappa shape index (κ2) is 10.8. The van der Waals surface area contributed by atoms with E-state index in [2.05, 4.69) is 22.9 Å². The predicted octanol–water partition coefficient (Wildman–Crippen LogP) is 3.38. The number of anilines is 1. The van der Waals surface area contributed by atoms with E-state index in [0.29, 0.717) is 24.7 Å². The van der Waals surface area contributed by atoms with Crippen molar-refractivity contribution >= 4 is 17.5 Å². The molecule has 1 aliphatic heterocycles. The lowest BCUT2D eigenvalue weighted by Crippen LogP contribution is -2.46. The number of carbonyl (C=O) groups excluding carboxylic acids is 2. The Morgan fingerprint density at radius 1 is 1.00 bits per heavy atom. The van der Waals surface area contributed by atoms with Crippen molar-refractivity contribution in [2.24, 2.45) is 11.8 Å². The molecular formula is C24H31N3O2. The van der Waals surface area contributed by atoms with Crippen LogP contribution in [0.4, 0.5) is 5.69 Å². The van der Waals surface area contributed by atoms with E-state index < -0.39 is 6.04 Å². The average Bonchev–Trinajstić information content (AvgIpc) is 2.75. The normalized spacial score (nSPS) is 16.6. The van der Waals surface area contributed by atoms with E-state index in [4.69, 9.17) is 0 Å². The van der Waals surface area contributed by atoms with Gasteiger partial charge < -0.3 is 16.0 Å². The Bertz CT molecular complexity index is 773. The molecule has 5 heteroatoms. The standard InChI is InChI=1S/C24H31N3O2/c1-18(20-12-14-25-15-13-20)16-23(28)27-22(17-19-8-4-2-5-9-19)24(29)26-21-10-6-3-7-11-21/h2-11,18,20,22,25H,12-17H2,1H3,(H,26,29)(H,27,28). The average molecular weight is 394 g/mol. The first-order valence-corrected chi connectivity index (χ1v) is 10.5. The summed E-state index contributed by atoms with van der Waals surface area (Å²) in [5.74, 6) is 0.627. The Morgan fingerprint density at radius 3 is 2.28 bits per heavy atom. The number of nitrogens with one attached hydrogen (secondary N) is 3. The van der Waals surface area contributed by atoms with Crippen LogP contribution < -0.4 is 16.0 Å². The molecule has 2 aromatic carbocycles. The molecule has 3 N–H and O–H groups in total. The molecule has 3 rings (SSSR count). The Morgan fingerprint density at radius 2 is 1.62 bits per heavy atom. The highest BCUT2D eigenvalue weighted by molar-refractivity contribution is 5.97. The fourth-order valence-electron chi connectivity index (χ4n) is 3.94. The van der Waals surface area contributed by atoms with Gasteiger partial charge in [0.25, 0.3) is 0 Å². The SMILES string of the molecule is CC(CC(=O)NC(Cc1ccccc1)C(=O)Nc1ccccc1)C1CCNCC1. The first kappa shape index (κ1) is 21.1. The monoisotopic (exact) mass is 393 g/mol. The Kier molecular flexibility index (Phi) is 7.82. The maximum Gasteiger partial charge on any atom is 0.247 e. The minimum atomic E-state index is -0.606. The molecule has 0 saturated carbocycles. The predicted molar refractivity (Wildman–Crippen MR) is 117 cm³/mol. The molecule has 0 bridgehead atoms. The van der Waals surface area contributed by atoms with Gasteiger partial charge >= 0.3 is 0 Å². The summed E-state index contributed by atoms with van der Waals surface area (Å²) in [6.07, 6.45) is 3.13. The number of hydrogen-bond donors (Lipinski definition) is 3. The number of rotatable bonds is 8. The number of carbonyl (C=O) groups is 2. The largest absolute Gasteiger partial charge is 0.344 e. The molecule has 0 aromatic heterocycles. The van der Waals surface area contributed by atoms with Crippen molar-refractivity contribution < 1.29 is 9.59 Å². The van der Waals surface area contributed by atoms with Crippen molar-refractivity contribution in [3.63, 3.8) is 0 Å². The van der Waals surface area contributed by atoms with Gasteiger partial charge in [0, 0.05) is 18.5 Å². The number of para-hydroxylation sites is 1. The zero-order valence-corrected chi connectivity index (χ0v) is 17.1. The van der Waals surface area contributed by atoms with Gasteiger partial charge in [-0.15, -0.1) is 0 Å². The molecule has 29 heavy (non-hydrogen) atoms. The van der Waals surface area contributed by atoms with E-state index in [1.54, 1.807) is 0 Å². The van der Waals surface area contributed by atoms with E-state index >= 15 is 0 Å². The maximum absolute atomic E-state index is 12.9. The van der Waals surface area contributed by atoms with Crippen molar-refractivity contribution in [3.05, 3.63) is 66.2 Å². The molecule has 0 spiro atoms. The summed E-state index contributed by atoms with van der Waals surface area (Å²) in [5, 5.41) is 9.28. The van der Waals surface area contributed by atoms with Crippen molar-refractivity contribution in [2.75, 3.05) is 18.4 Å². The van der Waals surface area contributed by atoms with Crippen molar-refractivity contribution in [3.8, 4) is 0 Å². The van der Waals surface area contributed by atoms with Gasteiger partial charge in [-0.05, 0) is 55.5 Å². The van der Waals surface area contributed by atoms with E-state index in [9.17, 15) is 9.59 Å². The van der Waals surface area contributed by atoms with Gasteiger partial charge in [0.2, 0.25) is 11.8 Å². The number of hydrogen-bond acceptors (Lipinski definition) is 3. The molecule has 154 valence electrons. The van der Waals surface area contributed by atoms with Gasteiger partial charge in [-0.3, -0.25) is 9.59 Å². The van der Waals surface area contributed by atoms with Gasteiger partial charge in [-0.1, -0.05) is 55.5 Å². The number of benzene rings is 2. The van der Waals surface area contributed by atoms with Crippen molar-refractivity contribution in [2.45, 2.75) is 38.6 Å². The zero-order valence-electron chi connectivity index (χ0n) is 17.1. The maximum atomic E-state index is 12.9. The summed E-state index contributed by atoms with van der Waals surface area (Å²) in [7, 11) is 0. The van der Waals surface area contributed by atoms with Crippen LogP contribution >= 0.6 is 0 Å². The van der Waals surface area contributed by atoms with Crippen LogP contribution in [0.2, 0.25) is 0 Å². The Balaban J connectivity index is 1.63. The Hall–Kier alpha value is -2.66. The summed E-state index contributed by atoms with van der Waals surface area (Å²) < 4.78 is 0.